The quantitative estimate of drug-likeness (QED) is 0.574. The molecule has 1 fully saturated rings. The Labute approximate surface area is 113 Å². The average Bonchev–Trinajstić information content (AvgIpc) is 2.39. The van der Waals surface area contributed by atoms with E-state index in [9.17, 15) is 5.11 Å². The second kappa shape index (κ2) is 6.31. The van der Waals surface area contributed by atoms with E-state index in [0.29, 0.717) is 0 Å². The molecule has 1 heterocycles. The van der Waals surface area contributed by atoms with E-state index in [1.54, 1.807) is 11.9 Å². The zero-order chi connectivity index (χ0) is 13.0. The molecular weight excluding hydrogens is 246 g/mol. The lowest BCUT2D eigenvalue weighted by molar-refractivity contribution is 0.240. The second-order valence-electron chi connectivity index (χ2n) is 4.55. The molecule has 100 valence electrons. The molecule has 1 aromatic carbocycles. The Hall–Kier alpha value is -0.910. The fourth-order valence-electron chi connectivity index (χ4n) is 2.48. The molecule has 2 rings (SSSR count). The molecule has 1 aliphatic heterocycles. The number of aliphatic hydroxyl groups is 1. The van der Waals surface area contributed by atoms with Crippen molar-refractivity contribution in [3.05, 3.63) is 18.2 Å². The third-order valence-corrected chi connectivity index (χ3v) is 4.06. The summed E-state index contributed by atoms with van der Waals surface area (Å²) in [6.45, 7) is 1.18. The number of anilines is 2. The van der Waals surface area contributed by atoms with E-state index in [1.165, 1.54) is 12.8 Å². The van der Waals surface area contributed by atoms with Crippen LogP contribution in [0.2, 0.25) is 0 Å². The monoisotopic (exact) mass is 267 g/mol. The molecule has 18 heavy (non-hydrogen) atoms. The minimum absolute atomic E-state index is 0.201. The van der Waals surface area contributed by atoms with E-state index in [1.807, 2.05) is 13.1 Å². The van der Waals surface area contributed by atoms with Gasteiger partial charge in [0.1, 0.15) is 0 Å². The lowest BCUT2D eigenvalue weighted by Crippen LogP contribution is -2.42. The summed E-state index contributed by atoms with van der Waals surface area (Å²) in [5.41, 5.74) is 7.97. The predicted octanol–water partition coefficient (Wildman–Crippen LogP) is 1.85. The van der Waals surface area contributed by atoms with Gasteiger partial charge in [0.05, 0.1) is 24.0 Å². The Kier molecular flexibility index (Phi) is 4.74. The molecule has 1 atom stereocenters. The summed E-state index contributed by atoms with van der Waals surface area (Å²) in [5.74, 6) is 0. The van der Waals surface area contributed by atoms with Crippen LogP contribution >= 0.6 is 11.9 Å². The normalized spacial score (nSPS) is 20.1. The summed E-state index contributed by atoms with van der Waals surface area (Å²) < 4.78 is 3.04. The number of piperidine rings is 1. The molecule has 0 bridgehead atoms. The summed E-state index contributed by atoms with van der Waals surface area (Å²) in [5, 5.41) is 9.46. The molecule has 1 unspecified atom stereocenters. The zero-order valence-electron chi connectivity index (χ0n) is 10.7. The molecule has 0 saturated carbocycles. The highest BCUT2D eigenvalue weighted by atomic mass is 32.2. The van der Waals surface area contributed by atoms with Crippen LogP contribution in [0.25, 0.3) is 0 Å². The molecule has 0 aromatic heterocycles. The van der Waals surface area contributed by atoms with Crippen molar-refractivity contribution in [2.24, 2.45) is 0 Å². The van der Waals surface area contributed by atoms with E-state index in [2.05, 4.69) is 21.8 Å². The highest BCUT2D eigenvalue weighted by Gasteiger charge is 2.23. The maximum atomic E-state index is 9.46. The summed E-state index contributed by atoms with van der Waals surface area (Å²) >= 11 is 1.55. The molecule has 0 spiro atoms. The fourth-order valence-corrected chi connectivity index (χ4v) is 3.04. The Bertz CT molecular complexity index is 400. The largest absolute Gasteiger partial charge is 0.397 e. The number of nitrogens with two attached hydrogens (primary N) is 1. The predicted molar refractivity (Wildman–Crippen MR) is 77.8 cm³/mol. The number of nitrogens with zero attached hydrogens (tertiary/aromatic N) is 1. The first-order valence-corrected chi connectivity index (χ1v) is 7.18. The topological polar surface area (TPSA) is 61.5 Å². The van der Waals surface area contributed by atoms with Crippen molar-refractivity contribution in [1.82, 2.24) is 4.72 Å². The van der Waals surface area contributed by atoms with Gasteiger partial charge in [0, 0.05) is 11.4 Å². The van der Waals surface area contributed by atoms with Crippen molar-refractivity contribution < 1.29 is 5.11 Å². The number of aliphatic hydroxyl groups excluding tert-OH is 1. The van der Waals surface area contributed by atoms with Gasteiger partial charge in [-0.1, -0.05) is 0 Å². The summed E-state index contributed by atoms with van der Waals surface area (Å²) in [6, 6.07) is 6.32. The number of nitrogens with one attached hydrogen (secondary N) is 1. The molecule has 1 saturated heterocycles. The number of rotatable bonds is 4. The fraction of sp³-hybridized carbons (Fsp3) is 0.538. The minimum Gasteiger partial charge on any atom is -0.397 e. The van der Waals surface area contributed by atoms with Gasteiger partial charge in [-0.2, -0.15) is 0 Å². The maximum absolute atomic E-state index is 9.46. The summed E-state index contributed by atoms with van der Waals surface area (Å²) in [7, 11) is 1.89. The van der Waals surface area contributed by atoms with Crippen molar-refractivity contribution in [3.63, 3.8) is 0 Å². The van der Waals surface area contributed by atoms with Crippen LogP contribution in [-0.2, 0) is 0 Å². The van der Waals surface area contributed by atoms with E-state index >= 15 is 0 Å². The van der Waals surface area contributed by atoms with E-state index in [4.69, 9.17) is 5.73 Å². The van der Waals surface area contributed by atoms with Crippen LogP contribution in [0.3, 0.4) is 0 Å². The summed E-state index contributed by atoms with van der Waals surface area (Å²) in [4.78, 5) is 3.35. The first-order valence-electron chi connectivity index (χ1n) is 6.37. The average molecular weight is 267 g/mol. The Morgan fingerprint density at radius 2 is 2.33 bits per heavy atom. The third kappa shape index (κ3) is 2.91. The molecule has 5 heteroatoms. The highest BCUT2D eigenvalue weighted by Crippen LogP contribution is 2.32. The van der Waals surface area contributed by atoms with E-state index < -0.39 is 0 Å². The summed E-state index contributed by atoms with van der Waals surface area (Å²) in [6.07, 6.45) is 3.40. The molecule has 0 radical (unpaired) electrons. The maximum Gasteiger partial charge on any atom is 0.0635 e. The standard InChI is InChI=1S/C13H21N3OS/c1-15-18-11-5-6-13(12(14)8-11)16-7-3-2-4-10(16)9-17/h5-6,8,10,15,17H,2-4,7,9,14H2,1H3. The van der Waals surface area contributed by atoms with Gasteiger partial charge in [0.15, 0.2) is 0 Å². The van der Waals surface area contributed by atoms with Crippen molar-refractivity contribution >= 4 is 23.3 Å². The van der Waals surface area contributed by atoms with Gasteiger partial charge < -0.3 is 15.7 Å². The van der Waals surface area contributed by atoms with Gasteiger partial charge in [-0.15, -0.1) is 0 Å². The molecule has 1 aromatic rings. The lowest BCUT2D eigenvalue weighted by Gasteiger charge is -2.37. The lowest BCUT2D eigenvalue weighted by atomic mass is 10.0. The van der Waals surface area contributed by atoms with Crippen molar-refractivity contribution in [1.29, 1.82) is 0 Å². The van der Waals surface area contributed by atoms with Gasteiger partial charge in [-0.25, -0.2) is 0 Å². The van der Waals surface area contributed by atoms with Crippen molar-refractivity contribution in [3.8, 4) is 0 Å². The first-order chi connectivity index (χ1) is 8.76. The van der Waals surface area contributed by atoms with E-state index in [-0.39, 0.29) is 12.6 Å². The van der Waals surface area contributed by atoms with Crippen LogP contribution in [-0.4, -0.2) is 31.3 Å². The molecule has 1 aliphatic rings. The molecule has 4 N–H and O–H groups in total. The van der Waals surface area contributed by atoms with Gasteiger partial charge in [-0.05, 0) is 56.5 Å². The molecule has 0 amide bonds. The molecular formula is C13H21N3OS. The molecule has 0 aliphatic carbocycles. The van der Waals surface area contributed by atoms with Gasteiger partial charge in [0.2, 0.25) is 0 Å². The van der Waals surface area contributed by atoms with Crippen LogP contribution in [0.15, 0.2) is 23.1 Å². The zero-order valence-corrected chi connectivity index (χ0v) is 11.5. The van der Waals surface area contributed by atoms with Crippen LogP contribution in [0.5, 0.6) is 0 Å². The van der Waals surface area contributed by atoms with Crippen molar-refractivity contribution in [2.75, 3.05) is 30.8 Å². The van der Waals surface area contributed by atoms with E-state index in [0.717, 1.165) is 29.2 Å². The van der Waals surface area contributed by atoms with Crippen LogP contribution in [0.4, 0.5) is 11.4 Å². The first kappa shape index (κ1) is 13.5. The Balaban J connectivity index is 2.21. The van der Waals surface area contributed by atoms with Crippen molar-refractivity contribution in [2.45, 2.75) is 30.2 Å². The van der Waals surface area contributed by atoms with Gasteiger partial charge in [0.25, 0.3) is 0 Å². The van der Waals surface area contributed by atoms with Crippen LogP contribution in [0, 0.1) is 0 Å². The Morgan fingerprint density at radius 1 is 1.50 bits per heavy atom. The van der Waals surface area contributed by atoms with Crippen LogP contribution < -0.4 is 15.4 Å². The third-order valence-electron chi connectivity index (χ3n) is 3.37. The number of nitrogen functional groups attached to an aromatic ring is 1. The number of benzene rings is 1. The molecule has 4 nitrogen and oxygen atoms in total. The Morgan fingerprint density at radius 3 is 3.00 bits per heavy atom. The number of hydrogen-bond donors (Lipinski definition) is 3. The van der Waals surface area contributed by atoms with Gasteiger partial charge in [-0.3, -0.25) is 4.72 Å². The van der Waals surface area contributed by atoms with Gasteiger partial charge >= 0.3 is 0 Å². The highest BCUT2D eigenvalue weighted by molar-refractivity contribution is 7.97. The SMILES string of the molecule is CNSc1ccc(N2CCCCC2CO)c(N)c1. The number of hydrogen-bond acceptors (Lipinski definition) is 5. The smallest absolute Gasteiger partial charge is 0.0635 e. The second-order valence-corrected chi connectivity index (χ2v) is 5.64. The minimum atomic E-state index is 0.201. The van der Waals surface area contributed by atoms with Crippen LogP contribution in [0.1, 0.15) is 19.3 Å².